The second-order valence-electron chi connectivity index (χ2n) is 5.09. The second kappa shape index (κ2) is 5.48. The molecule has 0 radical (unpaired) electrons. The highest BCUT2D eigenvalue weighted by atomic mass is 79.9. The fraction of sp³-hybridized carbons (Fsp3) is 0.188. The zero-order chi connectivity index (χ0) is 15.0. The predicted molar refractivity (Wildman–Crippen MR) is 87.0 cm³/mol. The smallest absolute Gasteiger partial charge is 0.128 e. The third-order valence-electron chi connectivity index (χ3n) is 3.41. The van der Waals surface area contributed by atoms with E-state index < -0.39 is 0 Å². The number of H-pyrrole nitrogens is 1. The van der Waals surface area contributed by atoms with Crippen LogP contribution in [0.3, 0.4) is 0 Å². The van der Waals surface area contributed by atoms with Crippen molar-refractivity contribution in [1.29, 1.82) is 0 Å². The summed E-state index contributed by atoms with van der Waals surface area (Å²) in [5.41, 5.74) is 3.46. The minimum atomic E-state index is -0.211. The number of nitrogens with zero attached hydrogens (tertiary/aromatic N) is 1. The Balaban J connectivity index is 1.88. The number of aryl methyl sites for hydroxylation is 1. The normalized spacial score (nSPS) is 12.6. The van der Waals surface area contributed by atoms with E-state index in [1.807, 2.05) is 32.0 Å². The maximum atomic E-state index is 13.9. The molecule has 0 bridgehead atoms. The van der Waals surface area contributed by atoms with E-state index in [0.29, 0.717) is 5.56 Å². The highest BCUT2D eigenvalue weighted by molar-refractivity contribution is 9.10. The Morgan fingerprint density at radius 1 is 1.24 bits per heavy atom. The molecule has 2 N–H and O–H groups in total. The molecule has 108 valence electrons. The first kappa shape index (κ1) is 14.1. The molecular weight excluding hydrogens is 333 g/mol. The quantitative estimate of drug-likeness (QED) is 0.703. The largest absolute Gasteiger partial charge is 0.378 e. The van der Waals surface area contributed by atoms with Crippen LogP contribution in [0, 0.1) is 12.7 Å². The third-order valence-corrected chi connectivity index (χ3v) is 3.90. The molecule has 0 aliphatic carbocycles. The van der Waals surface area contributed by atoms with Crippen molar-refractivity contribution in [1.82, 2.24) is 9.97 Å². The topological polar surface area (TPSA) is 40.7 Å². The Morgan fingerprint density at radius 2 is 2.05 bits per heavy atom. The molecular formula is C16H15BrFN3. The summed E-state index contributed by atoms with van der Waals surface area (Å²) in [5.74, 6) is 0.671. The van der Waals surface area contributed by atoms with Crippen molar-refractivity contribution in [2.45, 2.75) is 19.9 Å². The van der Waals surface area contributed by atoms with Gasteiger partial charge in [0.1, 0.15) is 11.6 Å². The lowest BCUT2D eigenvalue weighted by Gasteiger charge is -2.16. The van der Waals surface area contributed by atoms with Crippen LogP contribution < -0.4 is 5.32 Å². The van der Waals surface area contributed by atoms with Gasteiger partial charge >= 0.3 is 0 Å². The van der Waals surface area contributed by atoms with E-state index in [1.165, 1.54) is 6.07 Å². The third kappa shape index (κ3) is 2.93. The molecule has 2 aromatic carbocycles. The van der Waals surface area contributed by atoms with Crippen molar-refractivity contribution in [2.24, 2.45) is 0 Å². The molecule has 1 aromatic heterocycles. The Bertz CT molecular complexity index is 797. The standard InChI is InChI=1S/C16H15BrFN3/c1-9(13-7-11(17)3-5-14(13)18)19-12-4-6-15-16(8-12)21-10(2)20-15/h3-9,19H,1-2H3,(H,20,21). The molecule has 0 amide bonds. The van der Waals surface area contributed by atoms with Crippen LogP contribution in [-0.4, -0.2) is 9.97 Å². The van der Waals surface area contributed by atoms with Crippen LogP contribution in [0.1, 0.15) is 24.4 Å². The van der Waals surface area contributed by atoms with Gasteiger partial charge in [-0.05, 0) is 50.2 Å². The van der Waals surface area contributed by atoms with Crippen LogP contribution in [0.5, 0.6) is 0 Å². The molecule has 5 heteroatoms. The van der Waals surface area contributed by atoms with Crippen molar-refractivity contribution in [3.63, 3.8) is 0 Å². The van der Waals surface area contributed by atoms with Crippen LogP contribution in [0.15, 0.2) is 40.9 Å². The number of benzene rings is 2. The highest BCUT2D eigenvalue weighted by Gasteiger charge is 2.12. The minimum absolute atomic E-state index is 0.135. The Kier molecular flexibility index (Phi) is 3.68. The van der Waals surface area contributed by atoms with Gasteiger partial charge in [-0.3, -0.25) is 0 Å². The molecule has 3 rings (SSSR count). The van der Waals surface area contributed by atoms with Crippen LogP contribution in [0.4, 0.5) is 10.1 Å². The zero-order valence-corrected chi connectivity index (χ0v) is 13.3. The molecule has 0 fully saturated rings. The average Bonchev–Trinajstić information content (AvgIpc) is 2.80. The maximum absolute atomic E-state index is 13.9. The lowest BCUT2D eigenvalue weighted by molar-refractivity contribution is 0.600. The van der Waals surface area contributed by atoms with E-state index in [4.69, 9.17) is 0 Å². The van der Waals surface area contributed by atoms with E-state index in [-0.39, 0.29) is 11.9 Å². The molecule has 3 nitrogen and oxygen atoms in total. The van der Waals surface area contributed by atoms with E-state index in [2.05, 4.69) is 31.2 Å². The first-order chi connectivity index (χ1) is 10.0. The molecule has 21 heavy (non-hydrogen) atoms. The predicted octanol–water partition coefficient (Wildman–Crippen LogP) is 4.95. The summed E-state index contributed by atoms with van der Waals surface area (Å²) < 4.78 is 14.8. The number of imidazole rings is 1. The number of nitrogens with one attached hydrogen (secondary N) is 2. The lowest BCUT2D eigenvalue weighted by Crippen LogP contribution is -2.08. The fourth-order valence-electron chi connectivity index (χ4n) is 2.40. The Labute approximate surface area is 130 Å². The molecule has 0 aliphatic heterocycles. The van der Waals surface area contributed by atoms with E-state index in [0.717, 1.165) is 27.0 Å². The summed E-state index contributed by atoms with van der Waals surface area (Å²) in [6, 6.07) is 10.7. The van der Waals surface area contributed by atoms with Gasteiger partial charge in [0.25, 0.3) is 0 Å². The summed E-state index contributed by atoms with van der Waals surface area (Å²) in [5, 5.41) is 3.32. The van der Waals surface area contributed by atoms with Gasteiger partial charge in [-0.15, -0.1) is 0 Å². The molecule has 1 heterocycles. The van der Waals surface area contributed by atoms with Gasteiger partial charge in [-0.1, -0.05) is 15.9 Å². The van der Waals surface area contributed by atoms with Crippen molar-refractivity contribution in [3.8, 4) is 0 Å². The van der Waals surface area contributed by atoms with E-state index in [1.54, 1.807) is 12.1 Å². The summed E-state index contributed by atoms with van der Waals surface area (Å²) in [4.78, 5) is 7.57. The molecule has 0 aliphatic rings. The highest BCUT2D eigenvalue weighted by Crippen LogP contribution is 2.26. The molecule has 0 saturated carbocycles. The number of halogens is 2. The van der Waals surface area contributed by atoms with E-state index >= 15 is 0 Å². The van der Waals surface area contributed by atoms with Crippen molar-refractivity contribution < 1.29 is 4.39 Å². The number of hydrogen-bond acceptors (Lipinski definition) is 2. The summed E-state index contributed by atoms with van der Waals surface area (Å²) in [7, 11) is 0. The van der Waals surface area contributed by atoms with Gasteiger partial charge in [0.05, 0.1) is 17.1 Å². The van der Waals surface area contributed by atoms with Crippen molar-refractivity contribution in [3.05, 3.63) is 58.1 Å². The number of anilines is 1. The monoisotopic (exact) mass is 347 g/mol. The second-order valence-corrected chi connectivity index (χ2v) is 6.00. The minimum Gasteiger partial charge on any atom is -0.378 e. The number of fused-ring (bicyclic) bond motifs is 1. The molecule has 0 saturated heterocycles. The lowest BCUT2D eigenvalue weighted by atomic mass is 10.1. The summed E-state index contributed by atoms with van der Waals surface area (Å²) >= 11 is 3.38. The van der Waals surface area contributed by atoms with Crippen molar-refractivity contribution >= 4 is 32.7 Å². The average molecular weight is 348 g/mol. The van der Waals surface area contributed by atoms with Gasteiger partial charge in [0.2, 0.25) is 0 Å². The maximum Gasteiger partial charge on any atom is 0.128 e. The van der Waals surface area contributed by atoms with Crippen LogP contribution in [0.25, 0.3) is 11.0 Å². The van der Waals surface area contributed by atoms with Gasteiger partial charge in [-0.2, -0.15) is 0 Å². The number of rotatable bonds is 3. The Morgan fingerprint density at radius 3 is 2.86 bits per heavy atom. The molecule has 1 atom stereocenters. The van der Waals surface area contributed by atoms with Crippen molar-refractivity contribution in [2.75, 3.05) is 5.32 Å². The van der Waals surface area contributed by atoms with Gasteiger partial charge in [0.15, 0.2) is 0 Å². The van der Waals surface area contributed by atoms with E-state index in [9.17, 15) is 4.39 Å². The summed E-state index contributed by atoms with van der Waals surface area (Å²) in [6.07, 6.45) is 0. The van der Waals surface area contributed by atoms with Gasteiger partial charge in [0, 0.05) is 15.7 Å². The zero-order valence-electron chi connectivity index (χ0n) is 11.7. The first-order valence-electron chi connectivity index (χ1n) is 6.71. The van der Waals surface area contributed by atoms with Gasteiger partial charge < -0.3 is 10.3 Å². The number of hydrogen-bond donors (Lipinski definition) is 2. The number of aromatic amines is 1. The SMILES string of the molecule is Cc1nc2ccc(NC(C)c3cc(Br)ccc3F)cc2[nH]1. The fourth-order valence-corrected chi connectivity index (χ4v) is 2.78. The first-order valence-corrected chi connectivity index (χ1v) is 7.50. The number of aromatic nitrogens is 2. The molecule has 1 unspecified atom stereocenters. The Hall–Kier alpha value is -1.88. The van der Waals surface area contributed by atoms with Gasteiger partial charge in [-0.25, -0.2) is 9.37 Å². The van der Waals surface area contributed by atoms with Crippen LogP contribution >= 0.6 is 15.9 Å². The molecule has 0 spiro atoms. The summed E-state index contributed by atoms with van der Waals surface area (Å²) in [6.45, 7) is 3.86. The molecule has 3 aromatic rings. The van der Waals surface area contributed by atoms with Crippen LogP contribution in [0.2, 0.25) is 0 Å². The van der Waals surface area contributed by atoms with Crippen LogP contribution in [-0.2, 0) is 0 Å².